The summed E-state index contributed by atoms with van der Waals surface area (Å²) in [6.07, 6.45) is 6.99. The molecule has 1 saturated carbocycles. The van der Waals surface area contributed by atoms with Crippen molar-refractivity contribution in [1.82, 2.24) is 0 Å². The topological polar surface area (TPSA) is 26.0 Å². The van der Waals surface area contributed by atoms with Crippen molar-refractivity contribution in [2.75, 3.05) is 12.3 Å². The first kappa shape index (κ1) is 14.4. The first-order valence-electron chi connectivity index (χ1n) is 6.99. The standard InChI is InChI=1S/C14H29NS/c1-4-5-12-6-7-13(9-15)14(8-12)16-10-11(2)3/h11-14H,4-10,15H2,1-3H3. The third kappa shape index (κ3) is 4.67. The van der Waals surface area contributed by atoms with Crippen LogP contribution in [-0.4, -0.2) is 17.5 Å². The number of hydrogen-bond acceptors (Lipinski definition) is 2. The van der Waals surface area contributed by atoms with Crippen molar-refractivity contribution >= 4 is 11.8 Å². The summed E-state index contributed by atoms with van der Waals surface area (Å²) in [5, 5.41) is 0.845. The van der Waals surface area contributed by atoms with Gasteiger partial charge in [-0.3, -0.25) is 0 Å². The van der Waals surface area contributed by atoms with Gasteiger partial charge in [0.25, 0.3) is 0 Å². The molecule has 3 unspecified atom stereocenters. The monoisotopic (exact) mass is 243 g/mol. The highest BCUT2D eigenvalue weighted by molar-refractivity contribution is 7.99. The third-order valence-corrected chi connectivity index (χ3v) is 5.55. The van der Waals surface area contributed by atoms with E-state index in [0.717, 1.165) is 29.5 Å². The third-order valence-electron chi connectivity index (χ3n) is 3.68. The van der Waals surface area contributed by atoms with Gasteiger partial charge in [-0.05, 0) is 42.9 Å². The van der Waals surface area contributed by atoms with E-state index in [-0.39, 0.29) is 0 Å². The molecule has 1 fully saturated rings. The van der Waals surface area contributed by atoms with Crippen molar-refractivity contribution in [2.24, 2.45) is 23.5 Å². The van der Waals surface area contributed by atoms with Gasteiger partial charge in [0.1, 0.15) is 0 Å². The lowest BCUT2D eigenvalue weighted by atomic mass is 9.80. The Kier molecular flexibility index (Phi) is 6.83. The van der Waals surface area contributed by atoms with Crippen LogP contribution in [0.3, 0.4) is 0 Å². The Bertz CT molecular complexity index is 182. The summed E-state index contributed by atoms with van der Waals surface area (Å²) >= 11 is 2.19. The Morgan fingerprint density at radius 2 is 2.06 bits per heavy atom. The van der Waals surface area contributed by atoms with E-state index in [4.69, 9.17) is 5.73 Å². The molecule has 0 spiro atoms. The lowest BCUT2D eigenvalue weighted by molar-refractivity contribution is 0.275. The molecule has 0 radical (unpaired) electrons. The summed E-state index contributed by atoms with van der Waals surface area (Å²) in [5.41, 5.74) is 5.91. The maximum atomic E-state index is 5.91. The fourth-order valence-corrected chi connectivity index (χ4v) is 4.29. The largest absolute Gasteiger partial charge is 0.330 e. The summed E-state index contributed by atoms with van der Waals surface area (Å²) in [5.74, 6) is 3.89. The van der Waals surface area contributed by atoms with Gasteiger partial charge < -0.3 is 5.73 Å². The van der Waals surface area contributed by atoms with Crippen LogP contribution in [0, 0.1) is 17.8 Å². The quantitative estimate of drug-likeness (QED) is 0.765. The van der Waals surface area contributed by atoms with Crippen LogP contribution < -0.4 is 5.73 Å². The van der Waals surface area contributed by atoms with Gasteiger partial charge in [-0.15, -0.1) is 0 Å². The van der Waals surface area contributed by atoms with E-state index < -0.39 is 0 Å². The highest BCUT2D eigenvalue weighted by Gasteiger charge is 2.29. The highest BCUT2D eigenvalue weighted by atomic mass is 32.2. The number of nitrogens with two attached hydrogens (primary N) is 1. The molecule has 0 aromatic carbocycles. The summed E-state index contributed by atoms with van der Waals surface area (Å²) in [7, 11) is 0. The Balaban J connectivity index is 2.40. The van der Waals surface area contributed by atoms with E-state index in [0.29, 0.717) is 0 Å². The molecule has 1 nitrogen and oxygen atoms in total. The molecular weight excluding hydrogens is 214 g/mol. The van der Waals surface area contributed by atoms with Crippen LogP contribution in [0.2, 0.25) is 0 Å². The summed E-state index contributed by atoms with van der Waals surface area (Å²) < 4.78 is 0. The van der Waals surface area contributed by atoms with Crippen LogP contribution in [0.25, 0.3) is 0 Å². The molecular formula is C14H29NS. The average Bonchev–Trinajstić information content (AvgIpc) is 2.27. The molecule has 1 aliphatic rings. The van der Waals surface area contributed by atoms with Crippen LogP contribution in [0.15, 0.2) is 0 Å². The van der Waals surface area contributed by atoms with Gasteiger partial charge >= 0.3 is 0 Å². The molecule has 0 aromatic rings. The van der Waals surface area contributed by atoms with Gasteiger partial charge in [-0.2, -0.15) is 11.8 Å². The molecule has 2 heteroatoms. The average molecular weight is 243 g/mol. The number of rotatable bonds is 6. The molecule has 96 valence electrons. The Morgan fingerprint density at radius 1 is 1.31 bits per heavy atom. The second-order valence-electron chi connectivity index (χ2n) is 5.73. The molecule has 0 saturated heterocycles. The molecule has 0 bridgehead atoms. The smallest absolute Gasteiger partial charge is 0.00900 e. The first-order chi connectivity index (χ1) is 7.67. The first-order valence-corrected chi connectivity index (χ1v) is 8.03. The number of thioether (sulfide) groups is 1. The fraction of sp³-hybridized carbons (Fsp3) is 1.00. The van der Waals surface area contributed by atoms with Crippen LogP contribution in [0.5, 0.6) is 0 Å². The second kappa shape index (κ2) is 7.60. The summed E-state index contributed by atoms with van der Waals surface area (Å²) in [6, 6.07) is 0. The second-order valence-corrected chi connectivity index (χ2v) is 7.00. The van der Waals surface area contributed by atoms with E-state index in [1.54, 1.807) is 0 Å². The Labute approximate surface area is 106 Å². The molecule has 1 aliphatic carbocycles. The zero-order valence-electron chi connectivity index (χ0n) is 11.2. The molecule has 0 aliphatic heterocycles. The molecule has 2 N–H and O–H groups in total. The molecule has 0 amide bonds. The molecule has 16 heavy (non-hydrogen) atoms. The lowest BCUT2D eigenvalue weighted by Gasteiger charge is -2.35. The molecule has 3 atom stereocenters. The molecule has 0 aromatic heterocycles. The molecule has 1 rings (SSSR count). The molecule has 0 heterocycles. The van der Waals surface area contributed by atoms with Crippen LogP contribution in [-0.2, 0) is 0 Å². The van der Waals surface area contributed by atoms with Gasteiger partial charge in [0, 0.05) is 5.25 Å². The van der Waals surface area contributed by atoms with E-state index in [2.05, 4.69) is 32.5 Å². The van der Waals surface area contributed by atoms with Crippen LogP contribution >= 0.6 is 11.8 Å². The van der Waals surface area contributed by atoms with Gasteiger partial charge in [-0.1, -0.05) is 40.0 Å². The predicted octanol–water partition coefficient (Wildman–Crippen LogP) is 3.92. The van der Waals surface area contributed by atoms with Crippen molar-refractivity contribution in [3.05, 3.63) is 0 Å². The minimum Gasteiger partial charge on any atom is -0.330 e. The zero-order chi connectivity index (χ0) is 12.0. The van der Waals surface area contributed by atoms with Crippen molar-refractivity contribution < 1.29 is 0 Å². The minimum absolute atomic E-state index is 0.789. The van der Waals surface area contributed by atoms with Gasteiger partial charge in [0.05, 0.1) is 0 Å². The SMILES string of the molecule is CCCC1CCC(CN)C(SCC(C)C)C1. The van der Waals surface area contributed by atoms with Gasteiger partial charge in [0.2, 0.25) is 0 Å². The Hall–Kier alpha value is 0.310. The maximum Gasteiger partial charge on any atom is 0.00900 e. The summed E-state index contributed by atoms with van der Waals surface area (Å²) in [4.78, 5) is 0. The van der Waals surface area contributed by atoms with Crippen LogP contribution in [0.1, 0.15) is 52.9 Å². The van der Waals surface area contributed by atoms with E-state index in [1.165, 1.54) is 37.9 Å². The number of hydrogen-bond donors (Lipinski definition) is 1. The van der Waals surface area contributed by atoms with Crippen LogP contribution in [0.4, 0.5) is 0 Å². The fourth-order valence-electron chi connectivity index (χ4n) is 2.73. The zero-order valence-corrected chi connectivity index (χ0v) is 12.1. The summed E-state index contributed by atoms with van der Waals surface area (Å²) in [6.45, 7) is 7.84. The minimum atomic E-state index is 0.789. The Morgan fingerprint density at radius 3 is 2.62 bits per heavy atom. The normalized spacial score (nSPS) is 30.9. The van der Waals surface area contributed by atoms with Gasteiger partial charge in [0.15, 0.2) is 0 Å². The van der Waals surface area contributed by atoms with Crippen molar-refractivity contribution in [2.45, 2.75) is 58.1 Å². The maximum absolute atomic E-state index is 5.91. The van der Waals surface area contributed by atoms with Crippen molar-refractivity contribution in [3.8, 4) is 0 Å². The van der Waals surface area contributed by atoms with Crippen molar-refractivity contribution in [1.29, 1.82) is 0 Å². The van der Waals surface area contributed by atoms with E-state index in [9.17, 15) is 0 Å². The van der Waals surface area contributed by atoms with E-state index in [1.807, 2.05) is 0 Å². The highest BCUT2D eigenvalue weighted by Crippen LogP contribution is 2.38. The van der Waals surface area contributed by atoms with Crippen molar-refractivity contribution in [3.63, 3.8) is 0 Å². The predicted molar refractivity (Wildman–Crippen MR) is 75.9 cm³/mol. The van der Waals surface area contributed by atoms with E-state index >= 15 is 0 Å². The van der Waals surface area contributed by atoms with Gasteiger partial charge in [-0.25, -0.2) is 0 Å². The lowest BCUT2D eigenvalue weighted by Crippen LogP contribution is -2.33.